The summed E-state index contributed by atoms with van der Waals surface area (Å²) in [7, 11) is -4.32. The van der Waals surface area contributed by atoms with Gasteiger partial charge in [-0.25, -0.2) is 12.8 Å². The lowest BCUT2D eigenvalue weighted by atomic mass is 10.2. The van der Waals surface area contributed by atoms with Gasteiger partial charge in [-0.05, 0) is 37.3 Å². The second kappa shape index (κ2) is 8.97. The number of anilines is 1. The van der Waals surface area contributed by atoms with Crippen molar-refractivity contribution in [2.75, 3.05) is 4.72 Å². The normalized spacial score (nSPS) is 11.5. The Labute approximate surface area is 198 Å². The fourth-order valence-corrected chi connectivity index (χ4v) is 4.79. The molecule has 170 valence electrons. The maximum atomic E-state index is 14.7. The number of fused-ring (bicyclic) bond motifs is 1. The van der Waals surface area contributed by atoms with E-state index in [9.17, 15) is 17.6 Å². The van der Waals surface area contributed by atoms with Gasteiger partial charge in [0.2, 0.25) is 0 Å². The zero-order chi connectivity index (χ0) is 23.8. The smallest absolute Gasteiger partial charge is 0.264 e. The zero-order valence-electron chi connectivity index (χ0n) is 17.0. The first kappa shape index (κ1) is 23.0. The van der Waals surface area contributed by atoms with E-state index < -0.39 is 26.6 Å². The van der Waals surface area contributed by atoms with E-state index >= 15 is 0 Å². The van der Waals surface area contributed by atoms with Gasteiger partial charge in [-0.15, -0.1) is 0 Å². The summed E-state index contributed by atoms with van der Waals surface area (Å²) in [6.45, 7) is 1.87. The Morgan fingerprint density at radius 1 is 1.12 bits per heavy atom. The van der Waals surface area contributed by atoms with Crippen molar-refractivity contribution >= 4 is 55.7 Å². The van der Waals surface area contributed by atoms with Crippen molar-refractivity contribution in [3.05, 3.63) is 81.7 Å². The third kappa shape index (κ3) is 4.77. The molecule has 12 heteroatoms. The molecule has 0 saturated heterocycles. The number of hydrogen-bond acceptors (Lipinski definition) is 5. The molecule has 4 rings (SSSR count). The van der Waals surface area contributed by atoms with Crippen molar-refractivity contribution in [1.29, 1.82) is 0 Å². The molecule has 8 nitrogen and oxygen atoms in total. The maximum Gasteiger partial charge on any atom is 0.264 e. The lowest BCUT2D eigenvalue weighted by Crippen LogP contribution is -2.24. The van der Waals surface area contributed by atoms with Gasteiger partial charge in [0.1, 0.15) is 10.7 Å². The van der Waals surface area contributed by atoms with Crippen LogP contribution < -0.4 is 10.0 Å². The van der Waals surface area contributed by atoms with Crippen molar-refractivity contribution in [3.8, 4) is 0 Å². The average molecular weight is 508 g/mol. The number of nitrogens with zero attached hydrogens (tertiary/aromatic N) is 2. The third-order valence-corrected chi connectivity index (χ3v) is 6.74. The number of rotatable bonds is 6. The van der Waals surface area contributed by atoms with Crippen LogP contribution in [0.3, 0.4) is 0 Å². The van der Waals surface area contributed by atoms with Gasteiger partial charge in [0, 0.05) is 23.3 Å². The van der Waals surface area contributed by atoms with Gasteiger partial charge < -0.3 is 10.3 Å². The second-order valence-corrected chi connectivity index (χ2v) is 9.53. The summed E-state index contributed by atoms with van der Waals surface area (Å²) in [5.74, 6) is -1.67. The Morgan fingerprint density at radius 3 is 2.61 bits per heavy atom. The topological polar surface area (TPSA) is 117 Å². The fraction of sp³-hybridized carbons (Fsp3) is 0.0952. The number of aryl methyl sites for hydroxylation is 1. The lowest BCUT2D eigenvalue weighted by molar-refractivity contribution is 0.0949. The summed E-state index contributed by atoms with van der Waals surface area (Å²) < 4.78 is 42.7. The number of carbonyl (C=O) groups is 1. The third-order valence-electron chi connectivity index (χ3n) is 4.73. The summed E-state index contributed by atoms with van der Waals surface area (Å²) in [5, 5.41) is 3.66. The van der Waals surface area contributed by atoms with Crippen molar-refractivity contribution < 1.29 is 17.6 Å². The molecule has 0 aliphatic heterocycles. The van der Waals surface area contributed by atoms with Gasteiger partial charge in [0.15, 0.2) is 0 Å². The summed E-state index contributed by atoms with van der Waals surface area (Å²) in [6.07, 6.45) is 4.54. The standard InChI is InChI=1S/C21H16Cl2FN5O3S/c1-11-7-26-13(8-25-11)9-28-21(30)12-2-5-18(16(24)6-12)33(31,32)29-17-4-3-14(22)19-15(23)10-27-20(17)19/h2-8,10,27,29H,9H2,1H3,(H,28,30). The number of sulfonamides is 1. The maximum absolute atomic E-state index is 14.7. The minimum Gasteiger partial charge on any atom is -0.358 e. The number of aromatic amines is 1. The Bertz CT molecular complexity index is 1470. The predicted molar refractivity (Wildman–Crippen MR) is 123 cm³/mol. The Morgan fingerprint density at radius 2 is 1.91 bits per heavy atom. The molecule has 0 atom stereocenters. The molecule has 2 aromatic carbocycles. The summed E-state index contributed by atoms with van der Waals surface area (Å²) in [6, 6.07) is 6.00. The van der Waals surface area contributed by atoms with Crippen LogP contribution >= 0.6 is 23.2 Å². The highest BCUT2D eigenvalue weighted by atomic mass is 35.5. The monoisotopic (exact) mass is 507 g/mol. The van der Waals surface area contributed by atoms with Crippen molar-refractivity contribution in [2.24, 2.45) is 0 Å². The molecular weight excluding hydrogens is 492 g/mol. The molecule has 0 saturated carbocycles. The molecule has 0 fully saturated rings. The average Bonchev–Trinajstić information content (AvgIpc) is 3.17. The van der Waals surface area contributed by atoms with Gasteiger partial charge in [0.25, 0.3) is 15.9 Å². The number of benzene rings is 2. The molecule has 0 spiro atoms. The minimum atomic E-state index is -4.32. The zero-order valence-corrected chi connectivity index (χ0v) is 19.3. The molecule has 0 bridgehead atoms. The number of hydrogen-bond donors (Lipinski definition) is 3. The molecule has 33 heavy (non-hydrogen) atoms. The first-order valence-electron chi connectivity index (χ1n) is 9.49. The highest BCUT2D eigenvalue weighted by Crippen LogP contribution is 2.35. The van der Waals surface area contributed by atoms with Crippen LogP contribution in [0.4, 0.5) is 10.1 Å². The fourth-order valence-electron chi connectivity index (χ4n) is 3.10. The van der Waals surface area contributed by atoms with Crippen LogP contribution in [-0.4, -0.2) is 29.3 Å². The first-order valence-corrected chi connectivity index (χ1v) is 11.7. The van der Waals surface area contributed by atoms with Crippen LogP contribution in [0.2, 0.25) is 10.0 Å². The second-order valence-electron chi connectivity index (χ2n) is 7.06. The molecular formula is C21H16Cl2FN5O3S. The number of nitrogens with one attached hydrogen (secondary N) is 3. The van der Waals surface area contributed by atoms with Crippen LogP contribution in [0.5, 0.6) is 0 Å². The van der Waals surface area contributed by atoms with Crippen LogP contribution in [0.15, 0.2) is 53.8 Å². The summed E-state index contributed by atoms with van der Waals surface area (Å²) in [5.41, 5.74) is 1.71. The quantitative estimate of drug-likeness (QED) is 0.356. The van der Waals surface area contributed by atoms with Crippen LogP contribution in [0.1, 0.15) is 21.7 Å². The van der Waals surface area contributed by atoms with Crippen molar-refractivity contribution in [1.82, 2.24) is 20.3 Å². The SMILES string of the molecule is Cc1cnc(CNC(=O)c2ccc(S(=O)(=O)Nc3ccc(Cl)c4c(Cl)c[nH]c34)c(F)c2)cn1. The highest BCUT2D eigenvalue weighted by molar-refractivity contribution is 7.92. The molecule has 0 radical (unpaired) electrons. The minimum absolute atomic E-state index is 0.0449. The van der Waals surface area contributed by atoms with Crippen LogP contribution in [0.25, 0.3) is 10.9 Å². The molecule has 2 heterocycles. The van der Waals surface area contributed by atoms with E-state index in [0.29, 0.717) is 26.6 Å². The van der Waals surface area contributed by atoms with E-state index in [2.05, 4.69) is 25.0 Å². The van der Waals surface area contributed by atoms with E-state index in [0.717, 1.165) is 17.8 Å². The Hall–Kier alpha value is -3.21. The highest BCUT2D eigenvalue weighted by Gasteiger charge is 2.23. The van der Waals surface area contributed by atoms with E-state index in [1.54, 1.807) is 13.1 Å². The Balaban J connectivity index is 1.54. The molecule has 1 amide bonds. The van der Waals surface area contributed by atoms with Gasteiger partial charge in [0.05, 0.1) is 45.4 Å². The largest absolute Gasteiger partial charge is 0.358 e. The Kier molecular flexibility index (Phi) is 6.24. The van der Waals surface area contributed by atoms with Gasteiger partial charge >= 0.3 is 0 Å². The van der Waals surface area contributed by atoms with Crippen LogP contribution in [0, 0.1) is 12.7 Å². The van der Waals surface area contributed by atoms with E-state index in [-0.39, 0.29) is 17.8 Å². The molecule has 2 aromatic heterocycles. The van der Waals surface area contributed by atoms with Crippen LogP contribution in [-0.2, 0) is 16.6 Å². The number of amides is 1. The van der Waals surface area contributed by atoms with Crippen molar-refractivity contribution in [3.63, 3.8) is 0 Å². The molecule has 0 aliphatic rings. The first-order chi connectivity index (χ1) is 15.7. The lowest BCUT2D eigenvalue weighted by Gasteiger charge is -2.11. The number of halogens is 3. The van der Waals surface area contributed by atoms with E-state index in [1.807, 2.05) is 0 Å². The van der Waals surface area contributed by atoms with Gasteiger partial charge in [-0.3, -0.25) is 19.5 Å². The number of carbonyl (C=O) groups excluding carboxylic acids is 1. The number of aromatic nitrogens is 3. The molecule has 0 aliphatic carbocycles. The van der Waals surface area contributed by atoms with Crippen molar-refractivity contribution in [2.45, 2.75) is 18.4 Å². The molecule has 4 aromatic rings. The molecule has 0 unspecified atom stereocenters. The van der Waals surface area contributed by atoms with Gasteiger partial charge in [-0.1, -0.05) is 23.2 Å². The van der Waals surface area contributed by atoms with E-state index in [4.69, 9.17) is 23.2 Å². The number of H-pyrrole nitrogens is 1. The van der Waals surface area contributed by atoms with E-state index in [1.165, 1.54) is 30.6 Å². The summed E-state index contributed by atoms with van der Waals surface area (Å²) in [4.78, 5) is 22.8. The predicted octanol–water partition coefficient (Wildman–Crippen LogP) is 4.44. The van der Waals surface area contributed by atoms with Gasteiger partial charge in [-0.2, -0.15) is 0 Å². The molecule has 3 N–H and O–H groups in total. The summed E-state index contributed by atoms with van der Waals surface area (Å²) >= 11 is 12.2.